The quantitative estimate of drug-likeness (QED) is 0.392. The minimum atomic E-state index is -0.653. The molecule has 0 saturated heterocycles. The minimum absolute atomic E-state index is 0.248. The van der Waals surface area contributed by atoms with Crippen molar-refractivity contribution in [3.05, 3.63) is 77.5 Å². The number of nitrogens with zero attached hydrogens (tertiary/aromatic N) is 2. The molecule has 3 rings (SSSR count). The molecule has 0 unspecified atom stereocenters. The number of carbonyl (C=O) groups is 2. The Hall–Kier alpha value is -4.07. The third kappa shape index (κ3) is 5.60. The lowest BCUT2D eigenvalue weighted by Gasteiger charge is -2.14. The van der Waals surface area contributed by atoms with E-state index in [2.05, 4.69) is 17.0 Å². The highest BCUT2D eigenvalue weighted by Gasteiger charge is 2.18. The fourth-order valence-corrected chi connectivity index (χ4v) is 3.33. The number of hydrogen-bond donors (Lipinski definition) is 1. The van der Waals surface area contributed by atoms with Gasteiger partial charge in [0, 0.05) is 11.6 Å². The number of aromatic nitrogens is 2. The molecule has 0 radical (unpaired) electrons. The van der Waals surface area contributed by atoms with Gasteiger partial charge in [0.25, 0.3) is 5.91 Å². The predicted molar refractivity (Wildman–Crippen MR) is 125 cm³/mol. The Kier molecular flexibility index (Phi) is 7.50. The van der Waals surface area contributed by atoms with E-state index in [-0.39, 0.29) is 5.56 Å². The zero-order valence-electron chi connectivity index (χ0n) is 19.2. The summed E-state index contributed by atoms with van der Waals surface area (Å²) in [7, 11) is 3.01. The summed E-state index contributed by atoms with van der Waals surface area (Å²) in [5.74, 6) is 0.261. The van der Waals surface area contributed by atoms with Crippen LogP contribution in [-0.2, 0) is 16.0 Å². The lowest BCUT2D eigenvalue weighted by atomic mass is 10.1. The van der Waals surface area contributed by atoms with Gasteiger partial charge in [-0.25, -0.2) is 9.48 Å². The minimum Gasteiger partial charge on any atom is -0.493 e. The summed E-state index contributed by atoms with van der Waals surface area (Å²) in [6.07, 6.45) is 2.17. The zero-order chi connectivity index (χ0) is 24.0. The first-order chi connectivity index (χ1) is 15.9. The lowest BCUT2D eigenvalue weighted by Crippen LogP contribution is -2.22. The molecule has 1 aromatic heterocycles. The number of hydrogen-bond acceptors (Lipinski definition) is 6. The van der Waals surface area contributed by atoms with E-state index in [0.717, 1.165) is 22.5 Å². The van der Waals surface area contributed by atoms with Crippen molar-refractivity contribution in [3.8, 4) is 17.2 Å². The van der Waals surface area contributed by atoms with Gasteiger partial charge in [0.05, 0.1) is 31.2 Å². The van der Waals surface area contributed by atoms with Crippen molar-refractivity contribution >= 4 is 17.7 Å². The highest BCUT2D eigenvalue weighted by molar-refractivity contribution is 5.95. The molecule has 1 heterocycles. The Morgan fingerprint density at radius 1 is 1.09 bits per heavy atom. The third-order valence-corrected chi connectivity index (χ3v) is 4.87. The molecule has 0 atom stereocenters. The number of carbonyl (C=O) groups excluding carboxylic acids is 2. The number of nitrogens with one attached hydrogen (secondary N) is 1. The number of anilines is 1. The number of methoxy groups -OCH3 is 2. The van der Waals surface area contributed by atoms with E-state index in [4.69, 9.17) is 14.2 Å². The second kappa shape index (κ2) is 10.5. The molecule has 2 aromatic carbocycles. The van der Waals surface area contributed by atoms with Crippen LogP contribution in [0.3, 0.4) is 0 Å². The summed E-state index contributed by atoms with van der Waals surface area (Å²) in [4.78, 5) is 25.1. The summed E-state index contributed by atoms with van der Waals surface area (Å²) in [5.41, 5.74) is 3.63. The molecule has 8 nitrogen and oxygen atoms in total. The van der Waals surface area contributed by atoms with Crippen molar-refractivity contribution < 1.29 is 23.8 Å². The Labute approximate surface area is 192 Å². The summed E-state index contributed by atoms with van der Waals surface area (Å²) in [6.45, 7) is 7.09. The molecule has 1 amide bonds. The van der Waals surface area contributed by atoms with Crippen LogP contribution in [-0.4, -0.2) is 42.5 Å². The van der Waals surface area contributed by atoms with Crippen LogP contribution in [0.15, 0.2) is 55.1 Å². The maximum Gasteiger partial charge on any atom is 0.338 e. The van der Waals surface area contributed by atoms with Crippen molar-refractivity contribution in [2.45, 2.75) is 20.3 Å². The molecule has 0 saturated carbocycles. The number of rotatable bonds is 9. The maximum atomic E-state index is 12.6. The molecule has 1 N–H and O–H groups in total. The molecule has 8 heteroatoms. The Morgan fingerprint density at radius 3 is 2.45 bits per heavy atom. The van der Waals surface area contributed by atoms with Crippen LogP contribution < -0.4 is 14.8 Å². The number of benzene rings is 2. The molecule has 33 heavy (non-hydrogen) atoms. The van der Waals surface area contributed by atoms with Crippen LogP contribution in [0.2, 0.25) is 0 Å². The van der Waals surface area contributed by atoms with Gasteiger partial charge in [-0.2, -0.15) is 5.10 Å². The van der Waals surface area contributed by atoms with E-state index in [1.807, 2.05) is 38.1 Å². The van der Waals surface area contributed by atoms with Gasteiger partial charge in [0.2, 0.25) is 0 Å². The Bertz CT molecular complexity index is 1170. The number of ether oxygens (including phenoxy) is 3. The van der Waals surface area contributed by atoms with Crippen LogP contribution in [0.5, 0.6) is 11.5 Å². The van der Waals surface area contributed by atoms with Crippen molar-refractivity contribution in [2.75, 3.05) is 26.1 Å². The van der Waals surface area contributed by atoms with Crippen molar-refractivity contribution in [3.63, 3.8) is 0 Å². The molecule has 0 bridgehead atoms. The largest absolute Gasteiger partial charge is 0.493 e. The molecule has 3 aromatic rings. The van der Waals surface area contributed by atoms with Gasteiger partial charge in [-0.05, 0) is 44.5 Å². The van der Waals surface area contributed by atoms with Gasteiger partial charge in [-0.15, -0.1) is 6.58 Å². The Balaban J connectivity index is 1.71. The molecular weight excluding hydrogens is 422 g/mol. The van der Waals surface area contributed by atoms with E-state index < -0.39 is 18.5 Å². The van der Waals surface area contributed by atoms with Crippen molar-refractivity contribution in [1.82, 2.24) is 9.78 Å². The molecule has 0 aliphatic carbocycles. The third-order valence-electron chi connectivity index (χ3n) is 4.87. The van der Waals surface area contributed by atoms with Gasteiger partial charge < -0.3 is 19.5 Å². The van der Waals surface area contributed by atoms with E-state index >= 15 is 0 Å². The number of amides is 1. The molecule has 0 fully saturated rings. The van der Waals surface area contributed by atoms with E-state index in [9.17, 15) is 9.59 Å². The topological polar surface area (TPSA) is 91.7 Å². The van der Waals surface area contributed by atoms with E-state index in [1.54, 1.807) is 22.9 Å². The standard InChI is InChI=1S/C25H27N3O5/c1-6-7-18-13-19(14-21(31-4)24(18)32-5)25(30)33-15-23(29)26-22-12-17(3)27-28(22)20-10-8-16(2)9-11-20/h6,8-14H,1,7,15H2,2-5H3,(H,26,29). The molecule has 0 spiro atoms. The maximum absolute atomic E-state index is 12.6. The van der Waals surface area contributed by atoms with Crippen molar-refractivity contribution in [1.29, 1.82) is 0 Å². The fraction of sp³-hybridized carbons (Fsp3) is 0.240. The molecule has 0 aliphatic rings. The van der Waals surface area contributed by atoms with E-state index in [0.29, 0.717) is 23.7 Å². The fourth-order valence-electron chi connectivity index (χ4n) is 3.33. The van der Waals surface area contributed by atoms with Crippen molar-refractivity contribution in [2.24, 2.45) is 0 Å². The first kappa shape index (κ1) is 23.6. The summed E-state index contributed by atoms with van der Waals surface area (Å²) < 4.78 is 17.6. The van der Waals surface area contributed by atoms with Crippen LogP contribution in [0.4, 0.5) is 5.82 Å². The van der Waals surface area contributed by atoms with Gasteiger partial charge in [-0.3, -0.25) is 4.79 Å². The first-order valence-corrected chi connectivity index (χ1v) is 10.3. The SMILES string of the molecule is C=CCc1cc(C(=O)OCC(=O)Nc2cc(C)nn2-c2ccc(C)cc2)cc(OC)c1OC. The number of aryl methyl sites for hydroxylation is 2. The summed E-state index contributed by atoms with van der Waals surface area (Å²) in [6, 6.07) is 12.6. The van der Waals surface area contributed by atoms with Gasteiger partial charge in [0.15, 0.2) is 18.1 Å². The van der Waals surface area contributed by atoms with Gasteiger partial charge in [0.1, 0.15) is 5.82 Å². The summed E-state index contributed by atoms with van der Waals surface area (Å²) >= 11 is 0. The highest BCUT2D eigenvalue weighted by atomic mass is 16.5. The van der Waals surface area contributed by atoms with Crippen LogP contribution >= 0.6 is 0 Å². The van der Waals surface area contributed by atoms with Crippen LogP contribution in [0.1, 0.15) is 27.2 Å². The second-order valence-corrected chi connectivity index (χ2v) is 7.41. The molecular formula is C25H27N3O5. The van der Waals surface area contributed by atoms with E-state index in [1.165, 1.54) is 20.3 Å². The van der Waals surface area contributed by atoms with Gasteiger partial charge >= 0.3 is 5.97 Å². The average molecular weight is 450 g/mol. The van der Waals surface area contributed by atoms with Crippen LogP contribution in [0.25, 0.3) is 5.69 Å². The number of esters is 1. The zero-order valence-corrected chi connectivity index (χ0v) is 19.2. The van der Waals surface area contributed by atoms with Gasteiger partial charge in [-0.1, -0.05) is 23.8 Å². The summed E-state index contributed by atoms with van der Waals surface area (Å²) in [5, 5.41) is 7.18. The lowest BCUT2D eigenvalue weighted by molar-refractivity contribution is -0.119. The molecule has 0 aliphatic heterocycles. The molecule has 172 valence electrons. The predicted octanol–water partition coefficient (Wildman–Crippen LogP) is 4.03. The smallest absolute Gasteiger partial charge is 0.338 e. The second-order valence-electron chi connectivity index (χ2n) is 7.41. The monoisotopic (exact) mass is 449 g/mol. The normalized spacial score (nSPS) is 10.4. The average Bonchev–Trinajstić information content (AvgIpc) is 3.17. The highest BCUT2D eigenvalue weighted by Crippen LogP contribution is 2.33. The first-order valence-electron chi connectivity index (χ1n) is 10.3. The number of allylic oxidation sites excluding steroid dienone is 1. The van der Waals surface area contributed by atoms with Crippen LogP contribution in [0, 0.1) is 13.8 Å². The Morgan fingerprint density at radius 2 is 1.82 bits per heavy atom.